The summed E-state index contributed by atoms with van der Waals surface area (Å²) < 4.78 is 16.5. The highest BCUT2D eigenvalue weighted by atomic mass is 16.5. The van der Waals surface area contributed by atoms with E-state index in [-0.39, 0.29) is 18.7 Å². The molecule has 0 aliphatic rings. The first-order valence-electron chi connectivity index (χ1n) is 9.71. The Kier molecular flexibility index (Phi) is 5.66. The SMILES string of the molecule is CCOc1ccccc1CN(Cc1ccco1)C(=O)c1cc2ccccc2oc1=O. The summed E-state index contributed by atoms with van der Waals surface area (Å²) in [6, 6.07) is 19.8. The molecular weight excluding hydrogens is 382 g/mol. The minimum Gasteiger partial charge on any atom is -0.494 e. The monoisotopic (exact) mass is 403 g/mol. The van der Waals surface area contributed by atoms with Crippen LogP contribution in [-0.4, -0.2) is 17.4 Å². The van der Waals surface area contributed by atoms with E-state index in [2.05, 4.69) is 0 Å². The lowest BCUT2D eigenvalue weighted by Crippen LogP contribution is -2.33. The second-order valence-corrected chi connectivity index (χ2v) is 6.77. The van der Waals surface area contributed by atoms with E-state index in [0.717, 1.165) is 5.56 Å². The highest BCUT2D eigenvalue weighted by Crippen LogP contribution is 2.23. The van der Waals surface area contributed by atoms with Crippen LogP contribution in [0, 0.1) is 0 Å². The number of carbonyl (C=O) groups excluding carboxylic acids is 1. The molecule has 0 saturated carbocycles. The molecule has 30 heavy (non-hydrogen) atoms. The highest BCUT2D eigenvalue weighted by molar-refractivity contribution is 5.96. The van der Waals surface area contributed by atoms with Crippen molar-refractivity contribution in [3.05, 3.63) is 100 Å². The number of fused-ring (bicyclic) bond motifs is 1. The molecule has 4 aromatic rings. The Morgan fingerprint density at radius 3 is 2.60 bits per heavy atom. The van der Waals surface area contributed by atoms with Crippen molar-refractivity contribution in [2.45, 2.75) is 20.0 Å². The number of benzene rings is 2. The summed E-state index contributed by atoms with van der Waals surface area (Å²) in [6.45, 7) is 2.88. The maximum atomic E-state index is 13.4. The van der Waals surface area contributed by atoms with Gasteiger partial charge in [0.25, 0.3) is 5.91 Å². The zero-order chi connectivity index (χ0) is 20.9. The van der Waals surface area contributed by atoms with Crippen LogP contribution in [0.1, 0.15) is 28.6 Å². The third-order valence-electron chi connectivity index (χ3n) is 4.72. The molecule has 0 radical (unpaired) electrons. The molecule has 0 fully saturated rings. The Morgan fingerprint density at radius 2 is 1.80 bits per heavy atom. The first kappa shape index (κ1) is 19.5. The topological polar surface area (TPSA) is 72.9 Å². The van der Waals surface area contributed by atoms with Crippen molar-refractivity contribution in [2.24, 2.45) is 0 Å². The second-order valence-electron chi connectivity index (χ2n) is 6.77. The van der Waals surface area contributed by atoms with Gasteiger partial charge in [-0.25, -0.2) is 4.79 Å². The summed E-state index contributed by atoms with van der Waals surface area (Å²) in [5.41, 5.74) is 0.596. The Morgan fingerprint density at radius 1 is 1.00 bits per heavy atom. The first-order valence-corrected chi connectivity index (χ1v) is 9.71. The molecule has 152 valence electrons. The molecule has 2 heterocycles. The molecule has 0 spiro atoms. The summed E-state index contributed by atoms with van der Waals surface area (Å²) in [5.74, 6) is 0.877. The normalized spacial score (nSPS) is 10.8. The third-order valence-corrected chi connectivity index (χ3v) is 4.72. The predicted molar refractivity (Wildman–Crippen MR) is 112 cm³/mol. The molecule has 0 saturated heterocycles. The number of hydrogen-bond acceptors (Lipinski definition) is 5. The van der Waals surface area contributed by atoms with E-state index in [1.165, 1.54) is 0 Å². The Bertz CT molecular complexity index is 1210. The average Bonchev–Trinajstić information content (AvgIpc) is 3.27. The van der Waals surface area contributed by atoms with Crippen molar-refractivity contribution in [3.8, 4) is 5.75 Å². The molecule has 6 heteroatoms. The van der Waals surface area contributed by atoms with Gasteiger partial charge in [-0.1, -0.05) is 36.4 Å². The van der Waals surface area contributed by atoms with E-state index in [1.807, 2.05) is 37.3 Å². The zero-order valence-electron chi connectivity index (χ0n) is 16.5. The van der Waals surface area contributed by atoms with E-state index in [4.69, 9.17) is 13.6 Å². The van der Waals surface area contributed by atoms with Gasteiger partial charge in [0, 0.05) is 10.9 Å². The molecule has 2 aromatic carbocycles. The molecule has 6 nitrogen and oxygen atoms in total. The summed E-state index contributed by atoms with van der Waals surface area (Å²) in [5, 5.41) is 0.688. The number of rotatable bonds is 7. The lowest BCUT2D eigenvalue weighted by atomic mass is 10.1. The number of furan rings is 1. The minimum absolute atomic E-state index is 0.0193. The van der Waals surface area contributed by atoms with Crippen molar-refractivity contribution in [3.63, 3.8) is 0 Å². The van der Waals surface area contributed by atoms with Crippen molar-refractivity contribution >= 4 is 16.9 Å². The fourth-order valence-corrected chi connectivity index (χ4v) is 3.31. The van der Waals surface area contributed by atoms with Crippen LogP contribution in [0.25, 0.3) is 11.0 Å². The van der Waals surface area contributed by atoms with Gasteiger partial charge in [-0.05, 0) is 37.3 Å². The Balaban J connectivity index is 1.72. The van der Waals surface area contributed by atoms with Crippen LogP contribution in [0.3, 0.4) is 0 Å². The van der Waals surface area contributed by atoms with E-state index >= 15 is 0 Å². The van der Waals surface area contributed by atoms with Crippen LogP contribution in [0.15, 0.2) is 86.6 Å². The summed E-state index contributed by atoms with van der Waals surface area (Å²) >= 11 is 0. The van der Waals surface area contributed by atoms with Crippen molar-refractivity contribution in [1.82, 2.24) is 4.90 Å². The van der Waals surface area contributed by atoms with Gasteiger partial charge in [0.05, 0.1) is 26.0 Å². The van der Waals surface area contributed by atoms with E-state index in [0.29, 0.717) is 29.1 Å². The molecule has 0 aliphatic carbocycles. The van der Waals surface area contributed by atoms with Crippen LogP contribution in [0.5, 0.6) is 5.75 Å². The van der Waals surface area contributed by atoms with Gasteiger partial charge in [0.15, 0.2) is 0 Å². The van der Waals surface area contributed by atoms with Crippen LogP contribution < -0.4 is 10.4 Å². The lowest BCUT2D eigenvalue weighted by molar-refractivity contribution is 0.0712. The molecule has 0 unspecified atom stereocenters. The lowest BCUT2D eigenvalue weighted by Gasteiger charge is -2.23. The van der Waals surface area contributed by atoms with Gasteiger partial charge in [-0.15, -0.1) is 0 Å². The van der Waals surface area contributed by atoms with Gasteiger partial charge >= 0.3 is 5.63 Å². The Hall–Kier alpha value is -3.80. The molecule has 0 N–H and O–H groups in total. The molecule has 0 atom stereocenters. The number of para-hydroxylation sites is 2. The van der Waals surface area contributed by atoms with Crippen molar-refractivity contribution in [2.75, 3.05) is 6.61 Å². The molecule has 1 amide bonds. The Labute approximate surface area is 173 Å². The van der Waals surface area contributed by atoms with E-state index in [1.54, 1.807) is 47.6 Å². The van der Waals surface area contributed by atoms with Gasteiger partial charge in [0.1, 0.15) is 22.7 Å². The van der Waals surface area contributed by atoms with Crippen LogP contribution in [0.4, 0.5) is 0 Å². The van der Waals surface area contributed by atoms with Crippen LogP contribution in [0.2, 0.25) is 0 Å². The first-order chi connectivity index (χ1) is 14.7. The van der Waals surface area contributed by atoms with Crippen molar-refractivity contribution in [1.29, 1.82) is 0 Å². The maximum Gasteiger partial charge on any atom is 0.349 e. The highest BCUT2D eigenvalue weighted by Gasteiger charge is 2.23. The smallest absolute Gasteiger partial charge is 0.349 e. The van der Waals surface area contributed by atoms with Gasteiger partial charge in [-0.2, -0.15) is 0 Å². The number of ether oxygens (including phenoxy) is 1. The van der Waals surface area contributed by atoms with Gasteiger partial charge < -0.3 is 18.5 Å². The number of amides is 1. The standard InChI is InChI=1S/C24H21NO5/c1-2-28-21-11-5-4-9-18(21)15-25(16-19-10-7-13-29-19)23(26)20-14-17-8-3-6-12-22(17)30-24(20)27/h3-14H,2,15-16H2,1H3. The van der Waals surface area contributed by atoms with Gasteiger partial charge in [-0.3, -0.25) is 4.79 Å². The maximum absolute atomic E-state index is 13.4. The molecule has 2 aromatic heterocycles. The fourth-order valence-electron chi connectivity index (χ4n) is 3.31. The molecule has 0 bridgehead atoms. The summed E-state index contributed by atoms with van der Waals surface area (Å²) in [6.07, 6.45) is 1.55. The van der Waals surface area contributed by atoms with Crippen LogP contribution >= 0.6 is 0 Å². The number of hydrogen-bond donors (Lipinski definition) is 0. The second kappa shape index (κ2) is 8.69. The molecular formula is C24H21NO5. The van der Waals surface area contributed by atoms with Crippen molar-refractivity contribution < 1.29 is 18.4 Å². The zero-order valence-corrected chi connectivity index (χ0v) is 16.5. The van der Waals surface area contributed by atoms with E-state index < -0.39 is 11.5 Å². The average molecular weight is 403 g/mol. The number of nitrogens with zero attached hydrogens (tertiary/aromatic N) is 1. The molecule has 4 rings (SSSR count). The van der Waals surface area contributed by atoms with Crippen LogP contribution in [-0.2, 0) is 13.1 Å². The predicted octanol–water partition coefficient (Wildman–Crippen LogP) is 4.63. The summed E-state index contributed by atoms with van der Waals surface area (Å²) in [7, 11) is 0. The number of carbonyl (C=O) groups is 1. The third kappa shape index (κ3) is 4.12. The van der Waals surface area contributed by atoms with E-state index in [9.17, 15) is 9.59 Å². The summed E-state index contributed by atoms with van der Waals surface area (Å²) in [4.78, 5) is 27.5. The molecule has 0 aliphatic heterocycles. The van der Waals surface area contributed by atoms with Gasteiger partial charge in [0.2, 0.25) is 0 Å². The fraction of sp³-hybridized carbons (Fsp3) is 0.167. The largest absolute Gasteiger partial charge is 0.494 e. The minimum atomic E-state index is -0.666. The quantitative estimate of drug-likeness (QED) is 0.421.